The molecule has 0 aliphatic heterocycles. The number of aromatic amines is 1. The van der Waals surface area contributed by atoms with E-state index in [-0.39, 0.29) is 17.5 Å². The van der Waals surface area contributed by atoms with Gasteiger partial charge in [0.15, 0.2) is 5.82 Å². The highest BCUT2D eigenvalue weighted by molar-refractivity contribution is 7.99. The van der Waals surface area contributed by atoms with E-state index in [0.29, 0.717) is 22.2 Å². The Kier molecular flexibility index (Phi) is 5.14. The number of rotatable bonds is 5. The normalized spacial score (nSPS) is 10.7. The molecule has 0 bridgehead atoms. The van der Waals surface area contributed by atoms with E-state index in [1.807, 2.05) is 31.2 Å². The average molecular weight is 356 g/mol. The fourth-order valence-electron chi connectivity index (χ4n) is 2.24. The number of halogens is 1. The number of aryl methyl sites for hydroxylation is 2. The van der Waals surface area contributed by atoms with Crippen LogP contribution in [0.5, 0.6) is 0 Å². The van der Waals surface area contributed by atoms with Crippen LogP contribution in [0.15, 0.2) is 47.6 Å². The topological polar surface area (TPSA) is 70.7 Å². The maximum atomic E-state index is 13.1. The van der Waals surface area contributed by atoms with Crippen LogP contribution in [-0.4, -0.2) is 26.8 Å². The highest BCUT2D eigenvalue weighted by Crippen LogP contribution is 2.20. The average Bonchev–Trinajstić information content (AvgIpc) is 3.05. The number of hydrogen-bond donors (Lipinski definition) is 2. The van der Waals surface area contributed by atoms with Crippen molar-refractivity contribution in [3.05, 3.63) is 59.4 Å². The number of carbonyl (C=O) groups excluding carboxylic acids is 1. The lowest BCUT2D eigenvalue weighted by Crippen LogP contribution is -2.15. The van der Waals surface area contributed by atoms with Crippen LogP contribution < -0.4 is 5.32 Å². The van der Waals surface area contributed by atoms with Crippen LogP contribution in [0.2, 0.25) is 0 Å². The molecule has 1 aromatic heterocycles. The van der Waals surface area contributed by atoms with Gasteiger partial charge in [-0.1, -0.05) is 41.6 Å². The van der Waals surface area contributed by atoms with Gasteiger partial charge in [0.05, 0.1) is 5.75 Å². The minimum absolute atomic E-state index is 0.169. The van der Waals surface area contributed by atoms with Gasteiger partial charge in [0, 0.05) is 11.3 Å². The predicted molar refractivity (Wildman–Crippen MR) is 97.0 cm³/mol. The smallest absolute Gasteiger partial charge is 0.234 e. The molecule has 0 fully saturated rings. The molecule has 0 saturated carbocycles. The molecule has 1 amide bonds. The highest BCUT2D eigenvalue weighted by atomic mass is 32.2. The summed E-state index contributed by atoms with van der Waals surface area (Å²) in [4.78, 5) is 16.4. The first-order valence-corrected chi connectivity index (χ1v) is 8.68. The Morgan fingerprint density at radius 3 is 2.68 bits per heavy atom. The summed E-state index contributed by atoms with van der Waals surface area (Å²) in [6.45, 7) is 3.77. The molecule has 3 aromatic rings. The summed E-state index contributed by atoms with van der Waals surface area (Å²) in [6, 6.07) is 12.2. The number of aromatic nitrogens is 3. The van der Waals surface area contributed by atoms with Gasteiger partial charge in [-0.3, -0.25) is 9.89 Å². The zero-order valence-electron chi connectivity index (χ0n) is 13.8. The summed E-state index contributed by atoms with van der Waals surface area (Å²) in [7, 11) is 0. The summed E-state index contributed by atoms with van der Waals surface area (Å²) in [5.41, 5.74) is 3.39. The van der Waals surface area contributed by atoms with Crippen LogP contribution in [0.4, 0.5) is 10.1 Å². The molecule has 3 rings (SSSR count). The van der Waals surface area contributed by atoms with E-state index in [9.17, 15) is 9.18 Å². The van der Waals surface area contributed by atoms with Gasteiger partial charge in [0.25, 0.3) is 0 Å². The van der Waals surface area contributed by atoms with Crippen molar-refractivity contribution in [3.8, 4) is 11.4 Å². The largest absolute Gasteiger partial charge is 0.325 e. The number of nitrogens with zero attached hydrogens (tertiary/aromatic N) is 2. The molecule has 7 heteroatoms. The van der Waals surface area contributed by atoms with Crippen molar-refractivity contribution in [2.45, 2.75) is 19.0 Å². The van der Waals surface area contributed by atoms with E-state index in [4.69, 9.17) is 0 Å². The third kappa shape index (κ3) is 4.45. The molecule has 1 heterocycles. The van der Waals surface area contributed by atoms with Gasteiger partial charge in [0.1, 0.15) is 5.82 Å². The first-order chi connectivity index (χ1) is 12.0. The predicted octanol–water partition coefficient (Wildman–Crippen LogP) is 3.96. The van der Waals surface area contributed by atoms with Crippen LogP contribution >= 0.6 is 11.8 Å². The van der Waals surface area contributed by atoms with Crippen molar-refractivity contribution < 1.29 is 9.18 Å². The van der Waals surface area contributed by atoms with Crippen molar-refractivity contribution in [2.75, 3.05) is 11.1 Å². The molecule has 25 heavy (non-hydrogen) atoms. The Morgan fingerprint density at radius 1 is 1.20 bits per heavy atom. The Bertz CT molecular complexity index is 892. The first kappa shape index (κ1) is 17.2. The standard InChI is InChI=1S/C18H17FN4OS/c1-11-3-5-13(6-4-11)17-21-18(23-22-17)25-10-16(24)20-15-8-7-14(19)9-12(15)2/h3-9H,10H2,1-2H3,(H,20,24)(H,21,22,23). The van der Waals surface area contributed by atoms with E-state index >= 15 is 0 Å². The van der Waals surface area contributed by atoms with Crippen LogP contribution in [0.3, 0.4) is 0 Å². The lowest BCUT2D eigenvalue weighted by Gasteiger charge is -2.07. The van der Waals surface area contributed by atoms with Gasteiger partial charge in [-0.05, 0) is 37.6 Å². The molecule has 2 aromatic carbocycles. The van der Waals surface area contributed by atoms with E-state index in [0.717, 1.165) is 5.56 Å². The summed E-state index contributed by atoms with van der Waals surface area (Å²) >= 11 is 1.24. The number of thioether (sulfide) groups is 1. The third-order valence-electron chi connectivity index (χ3n) is 3.58. The third-order valence-corrected chi connectivity index (χ3v) is 4.43. The molecule has 0 aliphatic rings. The lowest BCUT2D eigenvalue weighted by atomic mass is 10.1. The minimum Gasteiger partial charge on any atom is -0.325 e. The molecule has 0 unspecified atom stereocenters. The molecule has 0 spiro atoms. The van der Waals surface area contributed by atoms with Gasteiger partial charge >= 0.3 is 0 Å². The van der Waals surface area contributed by atoms with Gasteiger partial charge < -0.3 is 5.32 Å². The van der Waals surface area contributed by atoms with Crippen LogP contribution in [0.1, 0.15) is 11.1 Å². The van der Waals surface area contributed by atoms with Crippen LogP contribution in [0.25, 0.3) is 11.4 Å². The second-order valence-electron chi connectivity index (χ2n) is 5.63. The van der Waals surface area contributed by atoms with Crippen molar-refractivity contribution in [1.29, 1.82) is 0 Å². The van der Waals surface area contributed by atoms with E-state index in [1.54, 1.807) is 13.0 Å². The number of H-pyrrole nitrogens is 1. The summed E-state index contributed by atoms with van der Waals surface area (Å²) < 4.78 is 13.1. The molecular weight excluding hydrogens is 339 g/mol. The Hall–Kier alpha value is -2.67. The maximum absolute atomic E-state index is 13.1. The Labute approximate surface area is 149 Å². The molecule has 0 saturated heterocycles. The summed E-state index contributed by atoms with van der Waals surface area (Å²) in [5, 5.41) is 10.3. The summed E-state index contributed by atoms with van der Waals surface area (Å²) in [5.74, 6) is 0.315. The fourth-order valence-corrected chi connectivity index (χ4v) is 2.83. The van der Waals surface area contributed by atoms with E-state index in [1.165, 1.54) is 29.5 Å². The van der Waals surface area contributed by atoms with Crippen LogP contribution in [0, 0.1) is 19.7 Å². The van der Waals surface area contributed by atoms with E-state index < -0.39 is 0 Å². The van der Waals surface area contributed by atoms with Crippen LogP contribution in [-0.2, 0) is 4.79 Å². The zero-order chi connectivity index (χ0) is 17.8. The molecule has 0 radical (unpaired) electrons. The SMILES string of the molecule is Cc1ccc(-c2nc(SCC(=O)Nc3ccc(F)cc3C)n[nH]2)cc1. The molecular formula is C18H17FN4OS. The van der Waals surface area contributed by atoms with Crippen molar-refractivity contribution in [3.63, 3.8) is 0 Å². The maximum Gasteiger partial charge on any atom is 0.234 e. The van der Waals surface area contributed by atoms with Crippen molar-refractivity contribution >= 4 is 23.4 Å². The molecule has 5 nitrogen and oxygen atoms in total. The number of benzene rings is 2. The second kappa shape index (κ2) is 7.48. The number of carbonyl (C=O) groups is 1. The molecule has 0 atom stereocenters. The number of amides is 1. The molecule has 2 N–H and O–H groups in total. The van der Waals surface area contributed by atoms with Gasteiger partial charge in [-0.25, -0.2) is 9.37 Å². The monoisotopic (exact) mass is 356 g/mol. The summed E-state index contributed by atoms with van der Waals surface area (Å²) in [6.07, 6.45) is 0. The number of hydrogen-bond acceptors (Lipinski definition) is 4. The number of nitrogens with one attached hydrogen (secondary N) is 2. The second-order valence-corrected chi connectivity index (χ2v) is 6.57. The van der Waals surface area contributed by atoms with Gasteiger partial charge in [-0.2, -0.15) is 0 Å². The molecule has 128 valence electrons. The Balaban J connectivity index is 1.58. The zero-order valence-corrected chi connectivity index (χ0v) is 14.7. The fraction of sp³-hybridized carbons (Fsp3) is 0.167. The first-order valence-electron chi connectivity index (χ1n) is 7.69. The Morgan fingerprint density at radius 2 is 1.96 bits per heavy atom. The minimum atomic E-state index is -0.325. The quantitative estimate of drug-likeness (QED) is 0.679. The molecule has 0 aliphatic carbocycles. The van der Waals surface area contributed by atoms with Gasteiger partial charge in [0.2, 0.25) is 11.1 Å². The van der Waals surface area contributed by atoms with Crippen molar-refractivity contribution in [2.24, 2.45) is 0 Å². The highest BCUT2D eigenvalue weighted by Gasteiger charge is 2.10. The van der Waals surface area contributed by atoms with Crippen molar-refractivity contribution in [1.82, 2.24) is 15.2 Å². The lowest BCUT2D eigenvalue weighted by molar-refractivity contribution is -0.113. The van der Waals surface area contributed by atoms with Gasteiger partial charge in [-0.15, -0.1) is 5.10 Å². The van der Waals surface area contributed by atoms with E-state index in [2.05, 4.69) is 20.5 Å². The number of anilines is 1.